The second-order valence-electron chi connectivity index (χ2n) is 3.64. The summed E-state index contributed by atoms with van der Waals surface area (Å²) >= 11 is 0. The van der Waals surface area contributed by atoms with Crippen LogP contribution < -0.4 is 5.56 Å². The number of hydrogen-bond acceptors (Lipinski definition) is 2. The lowest BCUT2D eigenvalue weighted by molar-refractivity contribution is 0.882. The van der Waals surface area contributed by atoms with Crippen molar-refractivity contribution < 1.29 is 0 Å². The second-order valence-corrected chi connectivity index (χ2v) is 3.64. The molecule has 5 heteroatoms. The predicted octanol–water partition coefficient (Wildman–Crippen LogP) is 1.56. The van der Waals surface area contributed by atoms with E-state index in [1.807, 2.05) is 36.4 Å². The summed E-state index contributed by atoms with van der Waals surface area (Å²) in [5, 5.41) is 9.59. The summed E-state index contributed by atoms with van der Waals surface area (Å²) in [6.45, 7) is 0. The van der Waals surface area contributed by atoms with Gasteiger partial charge in [0.1, 0.15) is 0 Å². The Balaban J connectivity index is 2.15. The van der Waals surface area contributed by atoms with Gasteiger partial charge >= 0.3 is 0 Å². The van der Waals surface area contributed by atoms with Crippen molar-refractivity contribution in [3.8, 4) is 17.1 Å². The summed E-state index contributed by atoms with van der Waals surface area (Å²) in [5.41, 5.74) is 2.36. The Bertz CT molecular complexity index is 678. The highest BCUT2D eigenvalue weighted by molar-refractivity contribution is 5.56. The lowest BCUT2D eigenvalue weighted by Gasteiger charge is -2.05. The fraction of sp³-hybridized carbons (Fsp3) is 0. The van der Waals surface area contributed by atoms with Crippen LogP contribution in [0.5, 0.6) is 0 Å². The molecule has 2 aromatic heterocycles. The fourth-order valence-electron chi connectivity index (χ4n) is 1.75. The van der Waals surface area contributed by atoms with Crippen LogP contribution in [0.3, 0.4) is 0 Å². The number of hydrogen-bond donors (Lipinski definition) is 2. The Morgan fingerprint density at radius 1 is 1.06 bits per heavy atom. The number of nitrogens with zero attached hydrogens (tertiary/aromatic N) is 2. The van der Waals surface area contributed by atoms with Gasteiger partial charge in [-0.15, -0.1) is 0 Å². The van der Waals surface area contributed by atoms with E-state index in [4.69, 9.17) is 0 Å². The number of aromatic nitrogens is 4. The molecule has 17 heavy (non-hydrogen) atoms. The van der Waals surface area contributed by atoms with Gasteiger partial charge in [0.15, 0.2) is 0 Å². The van der Waals surface area contributed by atoms with E-state index < -0.39 is 0 Å². The normalized spacial score (nSPS) is 10.6. The van der Waals surface area contributed by atoms with Gasteiger partial charge < -0.3 is 0 Å². The largest absolute Gasteiger partial charge is 0.296 e. The van der Waals surface area contributed by atoms with Crippen molar-refractivity contribution in [1.29, 1.82) is 0 Å². The minimum absolute atomic E-state index is 0.152. The maximum atomic E-state index is 11.1. The summed E-state index contributed by atoms with van der Waals surface area (Å²) in [4.78, 5) is 11.1. The van der Waals surface area contributed by atoms with E-state index >= 15 is 0 Å². The van der Waals surface area contributed by atoms with Crippen LogP contribution >= 0.6 is 0 Å². The van der Waals surface area contributed by atoms with Gasteiger partial charge in [-0.1, -0.05) is 18.2 Å². The van der Waals surface area contributed by atoms with E-state index in [1.54, 1.807) is 10.9 Å². The van der Waals surface area contributed by atoms with Crippen molar-refractivity contribution >= 4 is 0 Å². The monoisotopic (exact) mass is 226 g/mol. The van der Waals surface area contributed by atoms with Crippen LogP contribution in [0.4, 0.5) is 0 Å². The van der Waals surface area contributed by atoms with Crippen LogP contribution in [0, 0.1) is 0 Å². The van der Waals surface area contributed by atoms with E-state index in [-0.39, 0.29) is 5.56 Å². The summed E-state index contributed by atoms with van der Waals surface area (Å²) in [6.07, 6.45) is 1.70. The highest BCUT2D eigenvalue weighted by atomic mass is 16.1. The molecule has 0 amide bonds. The molecule has 2 N–H and O–H groups in total. The van der Waals surface area contributed by atoms with E-state index in [9.17, 15) is 4.79 Å². The summed E-state index contributed by atoms with van der Waals surface area (Å²) in [6, 6.07) is 13.1. The number of H-pyrrole nitrogens is 2. The molecule has 2 heterocycles. The van der Waals surface area contributed by atoms with Crippen molar-refractivity contribution in [3.63, 3.8) is 0 Å². The van der Waals surface area contributed by atoms with Gasteiger partial charge in [0.05, 0.1) is 23.3 Å². The smallest absolute Gasteiger partial charge is 0.264 e. The first-order valence-corrected chi connectivity index (χ1v) is 5.22. The molecular weight excluding hydrogens is 216 g/mol. The quantitative estimate of drug-likeness (QED) is 0.696. The zero-order valence-electron chi connectivity index (χ0n) is 8.92. The molecule has 0 fully saturated rings. The third-order valence-corrected chi connectivity index (χ3v) is 2.52. The highest BCUT2D eigenvalue weighted by Gasteiger charge is 2.08. The molecule has 0 saturated heterocycles. The van der Waals surface area contributed by atoms with E-state index in [1.165, 1.54) is 6.07 Å². The van der Waals surface area contributed by atoms with Crippen LogP contribution in [0.2, 0.25) is 0 Å². The fourth-order valence-corrected chi connectivity index (χ4v) is 1.75. The second kappa shape index (κ2) is 3.79. The molecule has 0 aliphatic heterocycles. The zero-order valence-corrected chi connectivity index (χ0v) is 8.92. The Labute approximate surface area is 96.7 Å². The molecule has 3 aromatic rings. The number of aromatic amines is 2. The third-order valence-electron chi connectivity index (χ3n) is 2.52. The molecule has 0 aliphatic rings. The first kappa shape index (κ1) is 9.65. The number of para-hydroxylation sites is 1. The van der Waals surface area contributed by atoms with Crippen LogP contribution in [-0.4, -0.2) is 20.0 Å². The standard InChI is InChI=1S/C12H10N4O/c17-12-8-10(14-15-12)11-6-7-13-16(11)9-4-2-1-3-5-9/h1-8H,(H2,14,15,17). The first-order chi connectivity index (χ1) is 8.34. The lowest BCUT2D eigenvalue weighted by Crippen LogP contribution is -1.98. The Kier molecular flexibility index (Phi) is 2.15. The number of rotatable bonds is 2. The maximum absolute atomic E-state index is 11.1. The van der Waals surface area contributed by atoms with Crippen molar-refractivity contribution in [1.82, 2.24) is 20.0 Å². The molecule has 0 saturated carbocycles. The summed E-state index contributed by atoms with van der Waals surface area (Å²) in [5.74, 6) is 0. The minimum Gasteiger partial charge on any atom is -0.296 e. The number of benzene rings is 1. The van der Waals surface area contributed by atoms with Crippen molar-refractivity contribution in [3.05, 3.63) is 59.0 Å². The Morgan fingerprint density at radius 2 is 1.88 bits per heavy atom. The molecule has 0 spiro atoms. The van der Waals surface area contributed by atoms with Gasteiger partial charge in [0, 0.05) is 6.07 Å². The SMILES string of the molecule is O=c1cc(-c2ccnn2-c2ccccc2)[nH][nH]1. The van der Waals surface area contributed by atoms with Gasteiger partial charge in [-0.25, -0.2) is 4.68 Å². The molecule has 0 atom stereocenters. The van der Waals surface area contributed by atoms with Crippen LogP contribution in [-0.2, 0) is 0 Å². The molecule has 84 valence electrons. The van der Waals surface area contributed by atoms with Crippen LogP contribution in [0.25, 0.3) is 17.1 Å². The molecule has 0 unspecified atom stereocenters. The van der Waals surface area contributed by atoms with E-state index in [0.29, 0.717) is 0 Å². The molecule has 0 aliphatic carbocycles. The van der Waals surface area contributed by atoms with Crippen molar-refractivity contribution in [2.24, 2.45) is 0 Å². The van der Waals surface area contributed by atoms with Crippen LogP contribution in [0.1, 0.15) is 0 Å². The molecule has 0 bridgehead atoms. The number of nitrogens with one attached hydrogen (secondary N) is 2. The highest BCUT2D eigenvalue weighted by Crippen LogP contribution is 2.18. The summed E-state index contributed by atoms with van der Waals surface area (Å²) in [7, 11) is 0. The topological polar surface area (TPSA) is 66.5 Å². The van der Waals surface area contributed by atoms with E-state index in [2.05, 4.69) is 15.3 Å². The van der Waals surface area contributed by atoms with Gasteiger partial charge in [0.2, 0.25) is 0 Å². The molecule has 1 aromatic carbocycles. The molecular formula is C12H10N4O. The van der Waals surface area contributed by atoms with E-state index in [0.717, 1.165) is 17.1 Å². The first-order valence-electron chi connectivity index (χ1n) is 5.22. The van der Waals surface area contributed by atoms with Gasteiger partial charge in [-0.2, -0.15) is 5.10 Å². The molecule has 0 radical (unpaired) electrons. The van der Waals surface area contributed by atoms with Gasteiger partial charge in [-0.05, 0) is 18.2 Å². The van der Waals surface area contributed by atoms with Gasteiger partial charge in [-0.3, -0.25) is 15.0 Å². The Hall–Kier alpha value is -2.56. The average Bonchev–Trinajstić information content (AvgIpc) is 2.98. The van der Waals surface area contributed by atoms with Gasteiger partial charge in [0.25, 0.3) is 5.56 Å². The average molecular weight is 226 g/mol. The molecule has 5 nitrogen and oxygen atoms in total. The molecule has 3 rings (SSSR count). The summed E-state index contributed by atoms with van der Waals surface area (Å²) < 4.78 is 1.78. The Morgan fingerprint density at radius 3 is 2.59 bits per heavy atom. The lowest BCUT2D eigenvalue weighted by atomic mass is 10.3. The minimum atomic E-state index is -0.152. The maximum Gasteiger partial charge on any atom is 0.264 e. The zero-order chi connectivity index (χ0) is 11.7. The van der Waals surface area contributed by atoms with Crippen molar-refractivity contribution in [2.45, 2.75) is 0 Å². The predicted molar refractivity (Wildman–Crippen MR) is 64.0 cm³/mol. The van der Waals surface area contributed by atoms with Crippen molar-refractivity contribution in [2.75, 3.05) is 0 Å². The van der Waals surface area contributed by atoms with Crippen LogP contribution in [0.15, 0.2) is 53.5 Å². The third kappa shape index (κ3) is 1.67.